The van der Waals surface area contributed by atoms with Gasteiger partial charge in [-0.3, -0.25) is 4.79 Å². The summed E-state index contributed by atoms with van der Waals surface area (Å²) in [5.74, 6) is 0.714. The number of carbonyl (C=O) groups is 1. The van der Waals surface area contributed by atoms with Crippen LogP contribution in [-0.2, 0) is 11.3 Å². The average Bonchev–Trinajstić information content (AvgIpc) is 2.35. The molecule has 0 aliphatic heterocycles. The Balaban J connectivity index is 2.71. The highest BCUT2D eigenvalue weighted by atomic mass is 16.5. The third-order valence-corrected chi connectivity index (χ3v) is 3.28. The molecule has 0 bridgehead atoms. The van der Waals surface area contributed by atoms with E-state index in [-0.39, 0.29) is 23.8 Å². The van der Waals surface area contributed by atoms with Gasteiger partial charge in [-0.1, -0.05) is 26.0 Å². The van der Waals surface area contributed by atoms with Crippen LogP contribution in [-0.4, -0.2) is 22.7 Å². The Hall–Kier alpha value is -1.55. The van der Waals surface area contributed by atoms with Crippen molar-refractivity contribution in [1.82, 2.24) is 5.32 Å². The van der Waals surface area contributed by atoms with Crippen molar-refractivity contribution in [2.45, 2.75) is 66.2 Å². The van der Waals surface area contributed by atoms with Crippen molar-refractivity contribution >= 4 is 5.91 Å². The number of hydrogen-bond donors (Lipinski definition) is 2. The van der Waals surface area contributed by atoms with Crippen LogP contribution >= 0.6 is 0 Å². The number of aliphatic hydroxyl groups excluding tert-OH is 1. The fraction of sp³-hybridized carbons (Fsp3) is 0.611. The van der Waals surface area contributed by atoms with Crippen molar-refractivity contribution in [2.75, 3.05) is 0 Å². The van der Waals surface area contributed by atoms with Crippen LogP contribution < -0.4 is 10.1 Å². The Morgan fingerprint density at radius 2 is 1.95 bits per heavy atom. The van der Waals surface area contributed by atoms with Crippen LogP contribution in [0.3, 0.4) is 0 Å². The predicted molar refractivity (Wildman–Crippen MR) is 88.9 cm³/mol. The molecule has 1 aromatic carbocycles. The highest BCUT2D eigenvalue weighted by molar-refractivity contribution is 5.76. The zero-order chi connectivity index (χ0) is 16.9. The fourth-order valence-electron chi connectivity index (χ4n) is 1.92. The van der Waals surface area contributed by atoms with Gasteiger partial charge < -0.3 is 15.2 Å². The van der Waals surface area contributed by atoms with Crippen LogP contribution in [0, 0.1) is 12.8 Å². The monoisotopic (exact) mass is 307 g/mol. The molecule has 1 aromatic rings. The number of rotatable bonds is 6. The van der Waals surface area contributed by atoms with Crippen molar-refractivity contribution in [1.29, 1.82) is 0 Å². The summed E-state index contributed by atoms with van der Waals surface area (Å²) in [6.07, 6.45) is -0.484. The van der Waals surface area contributed by atoms with Gasteiger partial charge in [-0.05, 0) is 45.2 Å². The number of aliphatic hydroxyl groups is 1. The molecule has 124 valence electrons. The predicted octanol–water partition coefficient (Wildman–Crippen LogP) is 3.20. The topological polar surface area (TPSA) is 58.6 Å². The SMILES string of the molecule is Cc1ccc(CNC(=O)CC(O)C(C)C)c(OC(C)(C)C)c1. The summed E-state index contributed by atoms with van der Waals surface area (Å²) >= 11 is 0. The van der Waals surface area contributed by atoms with E-state index in [2.05, 4.69) is 5.32 Å². The normalized spacial score (nSPS) is 13.1. The number of aryl methyl sites for hydroxylation is 1. The zero-order valence-electron chi connectivity index (χ0n) is 14.6. The Morgan fingerprint density at radius 3 is 2.50 bits per heavy atom. The van der Waals surface area contributed by atoms with Crippen molar-refractivity contribution in [3.05, 3.63) is 29.3 Å². The molecule has 22 heavy (non-hydrogen) atoms. The molecule has 0 heterocycles. The molecule has 1 amide bonds. The van der Waals surface area contributed by atoms with E-state index in [9.17, 15) is 9.90 Å². The standard InChI is InChI=1S/C18H29NO3/c1-12(2)15(20)10-17(21)19-11-14-8-7-13(3)9-16(14)22-18(4,5)6/h7-9,12,15,20H,10-11H2,1-6H3,(H,19,21). The summed E-state index contributed by atoms with van der Waals surface area (Å²) in [7, 11) is 0. The Bertz CT molecular complexity index is 504. The van der Waals surface area contributed by atoms with Gasteiger partial charge in [-0.2, -0.15) is 0 Å². The number of benzene rings is 1. The van der Waals surface area contributed by atoms with Crippen molar-refractivity contribution < 1.29 is 14.6 Å². The second-order valence-electron chi connectivity index (χ2n) is 7.12. The maximum atomic E-state index is 11.9. The lowest BCUT2D eigenvalue weighted by Gasteiger charge is -2.24. The first kappa shape index (κ1) is 18.5. The summed E-state index contributed by atoms with van der Waals surface area (Å²) in [5, 5.41) is 12.6. The first-order chi connectivity index (χ1) is 10.1. The second-order valence-corrected chi connectivity index (χ2v) is 7.12. The average molecular weight is 307 g/mol. The number of hydrogen-bond acceptors (Lipinski definition) is 3. The van der Waals surface area contributed by atoms with Gasteiger partial charge >= 0.3 is 0 Å². The van der Waals surface area contributed by atoms with E-state index in [0.717, 1.165) is 16.9 Å². The van der Waals surface area contributed by atoms with E-state index in [1.807, 2.05) is 59.7 Å². The maximum Gasteiger partial charge on any atom is 0.222 e. The first-order valence-electron chi connectivity index (χ1n) is 7.82. The minimum atomic E-state index is -0.608. The van der Waals surface area contributed by atoms with Crippen molar-refractivity contribution in [3.63, 3.8) is 0 Å². The van der Waals surface area contributed by atoms with Gasteiger partial charge in [0.05, 0.1) is 12.5 Å². The van der Waals surface area contributed by atoms with Crippen LogP contribution in [0.2, 0.25) is 0 Å². The second kappa shape index (κ2) is 7.63. The van der Waals surface area contributed by atoms with Gasteiger partial charge in [0.15, 0.2) is 0 Å². The molecule has 0 fully saturated rings. The lowest BCUT2D eigenvalue weighted by atomic mass is 10.0. The summed E-state index contributed by atoms with van der Waals surface area (Å²) in [6, 6.07) is 5.95. The summed E-state index contributed by atoms with van der Waals surface area (Å²) in [6.45, 7) is 12.2. The number of nitrogens with one attached hydrogen (secondary N) is 1. The summed E-state index contributed by atoms with van der Waals surface area (Å²) < 4.78 is 5.96. The quantitative estimate of drug-likeness (QED) is 0.848. The Kier molecular flexibility index (Phi) is 6.42. The minimum Gasteiger partial charge on any atom is -0.488 e. The van der Waals surface area contributed by atoms with E-state index in [1.165, 1.54) is 0 Å². The van der Waals surface area contributed by atoms with Crippen LogP contribution in [0.5, 0.6) is 5.75 Å². The van der Waals surface area contributed by atoms with Crippen LogP contribution in [0.4, 0.5) is 0 Å². The zero-order valence-corrected chi connectivity index (χ0v) is 14.6. The molecular formula is C18H29NO3. The van der Waals surface area contributed by atoms with Gasteiger partial charge in [-0.15, -0.1) is 0 Å². The molecule has 0 aliphatic rings. The molecule has 0 spiro atoms. The maximum absolute atomic E-state index is 11.9. The van der Waals surface area contributed by atoms with E-state index in [4.69, 9.17) is 4.74 Å². The number of amides is 1. The van der Waals surface area contributed by atoms with Gasteiger partial charge in [0.25, 0.3) is 0 Å². The third-order valence-electron chi connectivity index (χ3n) is 3.28. The van der Waals surface area contributed by atoms with Crippen molar-refractivity contribution in [2.24, 2.45) is 5.92 Å². The molecule has 0 saturated carbocycles. The fourth-order valence-corrected chi connectivity index (χ4v) is 1.92. The minimum absolute atomic E-state index is 0.0740. The van der Waals surface area contributed by atoms with Gasteiger partial charge in [0.1, 0.15) is 11.4 Å². The number of carbonyl (C=O) groups excluding carboxylic acids is 1. The molecule has 2 N–H and O–H groups in total. The Labute approximate surface area is 133 Å². The van der Waals surface area contributed by atoms with Gasteiger partial charge in [0.2, 0.25) is 5.91 Å². The van der Waals surface area contributed by atoms with E-state index in [0.29, 0.717) is 6.54 Å². The molecule has 0 aliphatic carbocycles. The van der Waals surface area contributed by atoms with Crippen LogP contribution in [0.15, 0.2) is 18.2 Å². The summed E-state index contributed by atoms with van der Waals surface area (Å²) in [4.78, 5) is 11.9. The lowest BCUT2D eigenvalue weighted by molar-refractivity contribution is -0.123. The lowest BCUT2D eigenvalue weighted by Crippen LogP contribution is -2.30. The van der Waals surface area contributed by atoms with Crippen LogP contribution in [0.25, 0.3) is 0 Å². The Morgan fingerprint density at radius 1 is 1.32 bits per heavy atom. The largest absolute Gasteiger partial charge is 0.488 e. The molecule has 1 atom stereocenters. The molecular weight excluding hydrogens is 278 g/mol. The smallest absolute Gasteiger partial charge is 0.222 e. The van der Waals surface area contributed by atoms with E-state index < -0.39 is 6.10 Å². The molecule has 1 unspecified atom stereocenters. The molecule has 0 aromatic heterocycles. The van der Waals surface area contributed by atoms with Crippen molar-refractivity contribution in [3.8, 4) is 5.75 Å². The molecule has 1 rings (SSSR count). The summed E-state index contributed by atoms with van der Waals surface area (Å²) in [5.41, 5.74) is 1.76. The van der Waals surface area contributed by atoms with Gasteiger partial charge in [-0.25, -0.2) is 0 Å². The molecule has 0 saturated heterocycles. The molecule has 4 nitrogen and oxygen atoms in total. The number of ether oxygens (including phenoxy) is 1. The highest BCUT2D eigenvalue weighted by Crippen LogP contribution is 2.24. The van der Waals surface area contributed by atoms with E-state index in [1.54, 1.807) is 0 Å². The molecule has 4 heteroatoms. The van der Waals surface area contributed by atoms with Gasteiger partial charge in [0, 0.05) is 12.1 Å². The van der Waals surface area contributed by atoms with Crippen LogP contribution in [0.1, 0.15) is 52.2 Å². The highest BCUT2D eigenvalue weighted by Gasteiger charge is 2.17. The molecule has 0 radical (unpaired) electrons. The first-order valence-corrected chi connectivity index (χ1v) is 7.82. The third kappa shape index (κ3) is 6.48. The van der Waals surface area contributed by atoms with E-state index >= 15 is 0 Å².